The molecule has 2 rings (SSSR count). The lowest BCUT2D eigenvalue weighted by molar-refractivity contribution is 0.289. The molecule has 0 bridgehead atoms. The van der Waals surface area contributed by atoms with Gasteiger partial charge in [-0.15, -0.1) is 0 Å². The number of hydrogen-bond donors (Lipinski definition) is 1. The van der Waals surface area contributed by atoms with Crippen LogP contribution in [0.3, 0.4) is 0 Å². The fourth-order valence-electron chi connectivity index (χ4n) is 2.70. The Hall–Kier alpha value is -1.18. The van der Waals surface area contributed by atoms with Gasteiger partial charge in [-0.3, -0.25) is 0 Å². The summed E-state index contributed by atoms with van der Waals surface area (Å²) in [5, 5.41) is 3.85. The van der Waals surface area contributed by atoms with Crippen LogP contribution < -0.4 is 5.32 Å². The summed E-state index contributed by atoms with van der Waals surface area (Å²) in [7, 11) is 1.07. The molecule has 1 aliphatic rings. The van der Waals surface area contributed by atoms with E-state index in [4.69, 9.17) is 12.2 Å². The van der Waals surface area contributed by atoms with Crippen LogP contribution in [0.15, 0.2) is 24.3 Å². The molecule has 0 radical (unpaired) electrons. The summed E-state index contributed by atoms with van der Waals surface area (Å²) in [5.41, 5.74) is 2.09. The van der Waals surface area contributed by atoms with E-state index in [-0.39, 0.29) is 17.5 Å². The third-order valence-corrected chi connectivity index (χ3v) is 6.05. The van der Waals surface area contributed by atoms with Crippen molar-refractivity contribution >= 4 is 32.9 Å². The van der Waals surface area contributed by atoms with Gasteiger partial charge in [0.1, 0.15) is 0 Å². The Labute approximate surface area is 144 Å². The number of anilines is 1. The molecule has 1 atom stereocenters. The number of nitrogens with one attached hydrogen (secondary N) is 1. The van der Waals surface area contributed by atoms with Crippen molar-refractivity contribution < 1.29 is 8.42 Å². The Morgan fingerprint density at radius 3 is 2.65 bits per heavy atom. The van der Waals surface area contributed by atoms with Gasteiger partial charge in [0, 0.05) is 24.8 Å². The Bertz CT molecular complexity index is 659. The normalized spacial score (nSPS) is 19.7. The highest BCUT2D eigenvalue weighted by Crippen LogP contribution is 2.19. The molecule has 0 aromatic heterocycles. The number of sulfone groups is 1. The molecule has 1 heterocycles. The van der Waals surface area contributed by atoms with Crippen molar-refractivity contribution in [1.29, 1.82) is 0 Å². The predicted molar refractivity (Wildman–Crippen MR) is 99.7 cm³/mol. The first kappa shape index (κ1) is 18.2. The van der Waals surface area contributed by atoms with E-state index in [0.717, 1.165) is 17.8 Å². The number of thiocarbonyl (C=S) groups is 1. The molecule has 1 aliphatic heterocycles. The third-order valence-electron chi connectivity index (χ3n) is 3.97. The van der Waals surface area contributed by atoms with Gasteiger partial charge in [0.15, 0.2) is 14.9 Å². The minimum Gasteiger partial charge on any atom is -0.344 e. The molecule has 0 saturated carbocycles. The molecule has 5 nitrogen and oxygen atoms in total. The zero-order chi connectivity index (χ0) is 17.0. The van der Waals surface area contributed by atoms with Crippen LogP contribution in [0.5, 0.6) is 0 Å². The van der Waals surface area contributed by atoms with Gasteiger partial charge in [-0.2, -0.15) is 0 Å². The number of aryl methyl sites for hydroxylation is 1. The van der Waals surface area contributed by atoms with Crippen LogP contribution in [0.2, 0.25) is 0 Å². The standard InChI is InChI=1S/C16H25N3O2S2/c1-13-5-4-6-14(11-13)17-16(22)19(9-8-18(2)3)15-7-10-23(20,21)12-15/h4-6,11,15H,7-10,12H2,1-3H3,(H,17,22)/t15-/m0/s1. The first-order valence-electron chi connectivity index (χ1n) is 7.76. The Balaban J connectivity index is 2.10. The number of hydrogen-bond acceptors (Lipinski definition) is 4. The van der Waals surface area contributed by atoms with Crippen LogP contribution in [-0.4, -0.2) is 68.1 Å². The lowest BCUT2D eigenvalue weighted by Crippen LogP contribution is -2.46. The Morgan fingerprint density at radius 1 is 1.35 bits per heavy atom. The molecule has 1 fully saturated rings. The van der Waals surface area contributed by atoms with Crippen LogP contribution in [-0.2, 0) is 9.84 Å². The van der Waals surface area contributed by atoms with E-state index >= 15 is 0 Å². The average Bonchev–Trinajstić information content (AvgIpc) is 2.78. The monoisotopic (exact) mass is 355 g/mol. The highest BCUT2D eigenvalue weighted by Gasteiger charge is 2.33. The molecule has 23 heavy (non-hydrogen) atoms. The van der Waals surface area contributed by atoms with Gasteiger partial charge in [-0.1, -0.05) is 12.1 Å². The maximum atomic E-state index is 11.8. The molecule has 1 aromatic carbocycles. The van der Waals surface area contributed by atoms with Crippen LogP contribution in [0, 0.1) is 6.92 Å². The smallest absolute Gasteiger partial charge is 0.173 e. The summed E-state index contributed by atoms with van der Waals surface area (Å²) in [6.45, 7) is 3.57. The van der Waals surface area contributed by atoms with E-state index in [0.29, 0.717) is 18.1 Å². The molecular formula is C16H25N3O2S2. The maximum Gasteiger partial charge on any atom is 0.173 e. The molecule has 1 aromatic rings. The largest absolute Gasteiger partial charge is 0.344 e. The van der Waals surface area contributed by atoms with E-state index < -0.39 is 9.84 Å². The van der Waals surface area contributed by atoms with Crippen molar-refractivity contribution in [3.8, 4) is 0 Å². The molecule has 0 amide bonds. The second-order valence-electron chi connectivity index (χ2n) is 6.35. The minimum atomic E-state index is -2.93. The first-order valence-corrected chi connectivity index (χ1v) is 9.99. The first-order chi connectivity index (χ1) is 10.8. The summed E-state index contributed by atoms with van der Waals surface area (Å²) in [6, 6.07) is 7.97. The molecule has 1 N–H and O–H groups in total. The lowest BCUT2D eigenvalue weighted by Gasteiger charge is -2.32. The van der Waals surface area contributed by atoms with Crippen molar-refractivity contribution in [2.45, 2.75) is 19.4 Å². The molecule has 128 valence electrons. The quantitative estimate of drug-likeness (QED) is 0.812. The summed E-state index contributed by atoms with van der Waals surface area (Å²) in [5.74, 6) is 0.444. The van der Waals surface area contributed by atoms with Gasteiger partial charge in [0.2, 0.25) is 0 Å². The van der Waals surface area contributed by atoms with Gasteiger partial charge in [0.05, 0.1) is 11.5 Å². The summed E-state index contributed by atoms with van der Waals surface area (Å²) in [6.07, 6.45) is 0.644. The summed E-state index contributed by atoms with van der Waals surface area (Å²) in [4.78, 5) is 4.11. The zero-order valence-corrected chi connectivity index (χ0v) is 15.6. The van der Waals surface area contributed by atoms with Gasteiger partial charge < -0.3 is 15.1 Å². The third kappa shape index (κ3) is 5.44. The second kappa shape index (κ2) is 7.59. The minimum absolute atomic E-state index is 0.0373. The van der Waals surface area contributed by atoms with Gasteiger partial charge in [-0.25, -0.2) is 8.42 Å². The molecular weight excluding hydrogens is 330 g/mol. The number of nitrogens with zero attached hydrogens (tertiary/aromatic N) is 2. The Morgan fingerprint density at radius 2 is 2.09 bits per heavy atom. The maximum absolute atomic E-state index is 11.8. The van der Waals surface area contributed by atoms with Gasteiger partial charge in [0.25, 0.3) is 0 Å². The lowest BCUT2D eigenvalue weighted by atomic mass is 10.2. The van der Waals surface area contributed by atoms with E-state index in [1.807, 2.05) is 50.2 Å². The van der Waals surface area contributed by atoms with Gasteiger partial charge >= 0.3 is 0 Å². The Kier molecular flexibility index (Phi) is 6.00. The van der Waals surface area contributed by atoms with Crippen molar-refractivity contribution in [3.05, 3.63) is 29.8 Å². The highest BCUT2D eigenvalue weighted by molar-refractivity contribution is 7.91. The molecule has 0 aliphatic carbocycles. The number of rotatable bonds is 5. The second-order valence-corrected chi connectivity index (χ2v) is 8.97. The molecule has 0 spiro atoms. The van der Waals surface area contributed by atoms with E-state index in [1.165, 1.54) is 0 Å². The summed E-state index contributed by atoms with van der Waals surface area (Å²) >= 11 is 5.57. The molecule has 7 heteroatoms. The number of benzene rings is 1. The topological polar surface area (TPSA) is 52.6 Å². The van der Waals surface area contributed by atoms with Gasteiger partial charge in [-0.05, 0) is 57.4 Å². The SMILES string of the molecule is Cc1cccc(NC(=S)N(CCN(C)C)[C@H]2CCS(=O)(=O)C2)c1. The van der Waals surface area contributed by atoms with Crippen LogP contribution in [0.25, 0.3) is 0 Å². The van der Waals surface area contributed by atoms with Crippen molar-refractivity contribution in [1.82, 2.24) is 9.80 Å². The fourth-order valence-corrected chi connectivity index (χ4v) is 4.79. The molecule has 0 unspecified atom stereocenters. The van der Waals surface area contributed by atoms with Crippen molar-refractivity contribution in [2.75, 3.05) is 44.0 Å². The molecule has 1 saturated heterocycles. The van der Waals surface area contributed by atoms with Crippen molar-refractivity contribution in [2.24, 2.45) is 0 Å². The average molecular weight is 356 g/mol. The van der Waals surface area contributed by atoms with Crippen LogP contribution in [0.4, 0.5) is 5.69 Å². The highest BCUT2D eigenvalue weighted by atomic mass is 32.2. The summed E-state index contributed by atoms with van der Waals surface area (Å²) < 4.78 is 23.6. The van der Waals surface area contributed by atoms with Crippen LogP contribution >= 0.6 is 12.2 Å². The van der Waals surface area contributed by atoms with E-state index in [2.05, 4.69) is 10.2 Å². The fraction of sp³-hybridized carbons (Fsp3) is 0.562. The zero-order valence-electron chi connectivity index (χ0n) is 13.9. The van der Waals surface area contributed by atoms with Crippen LogP contribution in [0.1, 0.15) is 12.0 Å². The van der Waals surface area contributed by atoms with Crippen molar-refractivity contribution in [3.63, 3.8) is 0 Å². The van der Waals surface area contributed by atoms with E-state index in [1.54, 1.807) is 0 Å². The van der Waals surface area contributed by atoms with E-state index in [9.17, 15) is 8.42 Å². The number of likely N-dealkylation sites (N-methyl/N-ethyl adjacent to an activating group) is 1. The predicted octanol–water partition coefficient (Wildman–Crippen LogP) is 1.74.